The van der Waals surface area contributed by atoms with Gasteiger partial charge in [-0.3, -0.25) is 20.8 Å². The predicted octanol–water partition coefficient (Wildman–Crippen LogP) is 1.89. The number of thioether (sulfide) groups is 1. The molecule has 2 unspecified atom stereocenters. The highest BCUT2D eigenvalue weighted by Gasteiger charge is 2.28. The van der Waals surface area contributed by atoms with Crippen molar-refractivity contribution in [2.75, 3.05) is 11.7 Å². The van der Waals surface area contributed by atoms with E-state index < -0.39 is 4.92 Å². The second kappa shape index (κ2) is 6.77. The molecule has 2 rings (SSSR count). The number of nitrogen functional groups attached to an aromatic ring is 1. The number of hydrogen-bond donors (Lipinski definition) is 3. The summed E-state index contributed by atoms with van der Waals surface area (Å²) in [6, 6.07) is 4.33. The molecule has 0 bridgehead atoms. The lowest BCUT2D eigenvalue weighted by atomic mass is 10.1. The summed E-state index contributed by atoms with van der Waals surface area (Å²) >= 11 is 1.74. The fraction of sp³-hybridized carbons (Fsp3) is 0.462. The van der Waals surface area contributed by atoms with Gasteiger partial charge in [0.1, 0.15) is 5.69 Å². The van der Waals surface area contributed by atoms with Gasteiger partial charge >= 0.3 is 0 Å². The Morgan fingerprint density at radius 3 is 2.86 bits per heavy atom. The minimum atomic E-state index is -0.563. The molecule has 2 atom stereocenters. The summed E-state index contributed by atoms with van der Waals surface area (Å²) in [6.07, 6.45) is 5.15. The standard InChI is InChI=1S/C13H18N4O3S/c1-21-12-4-2-3-10(12)15-13(18)8-5-6-9(16-14)11(7-8)17(19)20/h5-7,10,12,16H,2-4,14H2,1H3,(H,15,18). The number of benzene rings is 1. The van der Waals surface area contributed by atoms with E-state index in [0.717, 1.165) is 19.3 Å². The first-order valence-corrected chi connectivity index (χ1v) is 7.94. The Kier molecular flexibility index (Phi) is 5.03. The van der Waals surface area contributed by atoms with Crippen LogP contribution in [0.25, 0.3) is 0 Å². The number of nitrogens with zero attached hydrogens (tertiary/aromatic N) is 1. The summed E-state index contributed by atoms with van der Waals surface area (Å²) in [6.45, 7) is 0. The maximum absolute atomic E-state index is 12.2. The van der Waals surface area contributed by atoms with E-state index in [2.05, 4.69) is 10.7 Å². The zero-order chi connectivity index (χ0) is 15.4. The van der Waals surface area contributed by atoms with Crippen molar-refractivity contribution in [3.8, 4) is 0 Å². The molecule has 7 nitrogen and oxygen atoms in total. The smallest absolute Gasteiger partial charge is 0.294 e. The quantitative estimate of drug-likeness (QED) is 0.435. The van der Waals surface area contributed by atoms with E-state index in [0.29, 0.717) is 5.25 Å². The van der Waals surface area contributed by atoms with Gasteiger partial charge in [0.25, 0.3) is 11.6 Å². The number of nitrogens with two attached hydrogens (primary N) is 1. The fourth-order valence-electron chi connectivity index (χ4n) is 2.57. The van der Waals surface area contributed by atoms with Crippen LogP contribution in [-0.2, 0) is 0 Å². The van der Waals surface area contributed by atoms with Crippen LogP contribution in [0.3, 0.4) is 0 Å². The van der Waals surface area contributed by atoms with Crippen molar-refractivity contribution >= 4 is 29.0 Å². The van der Waals surface area contributed by atoms with E-state index >= 15 is 0 Å². The average Bonchev–Trinajstić information content (AvgIpc) is 2.93. The van der Waals surface area contributed by atoms with Gasteiger partial charge in [-0.15, -0.1) is 0 Å². The van der Waals surface area contributed by atoms with Gasteiger partial charge in [-0.1, -0.05) is 6.42 Å². The lowest BCUT2D eigenvalue weighted by Crippen LogP contribution is -2.38. The predicted molar refractivity (Wildman–Crippen MR) is 83.3 cm³/mol. The zero-order valence-corrected chi connectivity index (χ0v) is 12.5. The Labute approximate surface area is 126 Å². The van der Waals surface area contributed by atoms with Crippen molar-refractivity contribution in [2.24, 2.45) is 5.84 Å². The van der Waals surface area contributed by atoms with Crippen LogP contribution in [0.4, 0.5) is 11.4 Å². The molecule has 114 valence electrons. The summed E-state index contributed by atoms with van der Waals surface area (Å²) < 4.78 is 0. The third-order valence-electron chi connectivity index (χ3n) is 3.68. The van der Waals surface area contributed by atoms with E-state index in [9.17, 15) is 14.9 Å². The number of anilines is 1. The monoisotopic (exact) mass is 310 g/mol. The summed E-state index contributed by atoms with van der Waals surface area (Å²) in [5.74, 6) is 4.94. The third kappa shape index (κ3) is 3.45. The lowest BCUT2D eigenvalue weighted by molar-refractivity contribution is -0.384. The number of rotatable bonds is 5. The Morgan fingerprint density at radius 2 is 2.24 bits per heavy atom. The topological polar surface area (TPSA) is 110 Å². The second-order valence-corrected chi connectivity index (χ2v) is 6.00. The van der Waals surface area contributed by atoms with Crippen molar-refractivity contribution in [2.45, 2.75) is 30.6 Å². The first kappa shape index (κ1) is 15.6. The van der Waals surface area contributed by atoms with Crippen LogP contribution in [0.5, 0.6) is 0 Å². The van der Waals surface area contributed by atoms with Gasteiger partial charge < -0.3 is 10.7 Å². The highest BCUT2D eigenvalue weighted by molar-refractivity contribution is 7.99. The largest absolute Gasteiger partial charge is 0.348 e. The molecule has 1 aliphatic rings. The van der Waals surface area contributed by atoms with Crippen LogP contribution in [0.1, 0.15) is 29.6 Å². The number of nitro benzene ring substituents is 1. The normalized spacial score (nSPS) is 21.0. The van der Waals surface area contributed by atoms with Gasteiger partial charge in [0.15, 0.2) is 0 Å². The molecule has 1 aromatic rings. The Hall–Kier alpha value is -1.80. The molecule has 0 spiro atoms. The highest BCUT2D eigenvalue weighted by atomic mass is 32.2. The van der Waals surface area contributed by atoms with Gasteiger partial charge in [0.05, 0.1) is 4.92 Å². The molecule has 4 N–H and O–H groups in total. The molecule has 0 aliphatic heterocycles. The molecule has 1 aliphatic carbocycles. The fourth-order valence-corrected chi connectivity index (χ4v) is 3.51. The summed E-state index contributed by atoms with van der Waals surface area (Å²) in [5, 5.41) is 14.4. The lowest BCUT2D eigenvalue weighted by Gasteiger charge is -2.19. The van der Waals surface area contributed by atoms with Gasteiger partial charge in [-0.2, -0.15) is 11.8 Å². The molecule has 21 heavy (non-hydrogen) atoms. The van der Waals surface area contributed by atoms with Gasteiger partial charge in [0, 0.05) is 22.9 Å². The molecule has 0 heterocycles. The number of hydrogen-bond acceptors (Lipinski definition) is 6. The number of carbonyl (C=O) groups is 1. The van der Waals surface area contributed by atoms with Crippen molar-refractivity contribution in [1.82, 2.24) is 5.32 Å². The van der Waals surface area contributed by atoms with Crippen molar-refractivity contribution in [3.05, 3.63) is 33.9 Å². The number of hydrazine groups is 1. The van der Waals surface area contributed by atoms with Crippen molar-refractivity contribution < 1.29 is 9.72 Å². The molecular weight excluding hydrogens is 292 g/mol. The van der Waals surface area contributed by atoms with Crippen LogP contribution in [0.15, 0.2) is 18.2 Å². The van der Waals surface area contributed by atoms with E-state index in [1.165, 1.54) is 18.2 Å². The van der Waals surface area contributed by atoms with E-state index in [-0.39, 0.29) is 28.9 Å². The van der Waals surface area contributed by atoms with Gasteiger partial charge in [-0.25, -0.2) is 0 Å². The molecule has 1 fully saturated rings. The zero-order valence-electron chi connectivity index (χ0n) is 11.7. The van der Waals surface area contributed by atoms with E-state index in [1.807, 2.05) is 6.26 Å². The van der Waals surface area contributed by atoms with Crippen LogP contribution < -0.4 is 16.6 Å². The van der Waals surface area contributed by atoms with Crippen LogP contribution >= 0.6 is 11.8 Å². The van der Waals surface area contributed by atoms with Crippen molar-refractivity contribution in [3.63, 3.8) is 0 Å². The van der Waals surface area contributed by atoms with E-state index in [4.69, 9.17) is 5.84 Å². The molecular formula is C13H18N4O3S. The number of amides is 1. The molecule has 1 saturated carbocycles. The Balaban J connectivity index is 2.16. The second-order valence-electron chi connectivity index (χ2n) is 4.92. The third-order valence-corrected chi connectivity index (χ3v) is 4.85. The van der Waals surface area contributed by atoms with Crippen molar-refractivity contribution in [1.29, 1.82) is 0 Å². The minimum absolute atomic E-state index is 0.124. The van der Waals surface area contributed by atoms with Crippen LogP contribution in [0.2, 0.25) is 0 Å². The highest BCUT2D eigenvalue weighted by Crippen LogP contribution is 2.29. The molecule has 1 aromatic carbocycles. The molecule has 0 saturated heterocycles. The Morgan fingerprint density at radius 1 is 1.48 bits per heavy atom. The van der Waals surface area contributed by atoms with E-state index in [1.54, 1.807) is 11.8 Å². The molecule has 8 heteroatoms. The minimum Gasteiger partial charge on any atom is -0.348 e. The maximum atomic E-state index is 12.2. The number of carbonyl (C=O) groups excluding carboxylic acids is 1. The number of nitro groups is 1. The molecule has 0 aromatic heterocycles. The first-order valence-electron chi connectivity index (χ1n) is 6.65. The molecule has 1 amide bonds. The SMILES string of the molecule is CSC1CCCC1NC(=O)c1ccc(NN)c([N+](=O)[O-])c1. The maximum Gasteiger partial charge on any atom is 0.294 e. The Bertz CT molecular complexity index is 552. The van der Waals surface area contributed by atoms with Gasteiger partial charge in [0.2, 0.25) is 0 Å². The first-order chi connectivity index (χ1) is 10.1. The summed E-state index contributed by atoms with van der Waals surface area (Å²) in [7, 11) is 0. The van der Waals surface area contributed by atoms with Crippen LogP contribution in [-0.4, -0.2) is 28.4 Å². The molecule has 0 radical (unpaired) electrons. The number of nitrogens with one attached hydrogen (secondary N) is 2. The summed E-state index contributed by atoms with van der Waals surface area (Å²) in [5.41, 5.74) is 2.50. The van der Waals surface area contributed by atoms with Gasteiger partial charge in [-0.05, 0) is 31.2 Å². The summed E-state index contributed by atoms with van der Waals surface area (Å²) in [4.78, 5) is 22.7. The van der Waals surface area contributed by atoms with Crippen LogP contribution in [0, 0.1) is 10.1 Å². The average molecular weight is 310 g/mol.